The molecule has 8 atom stereocenters. The topological polar surface area (TPSA) is 60.7 Å². The van der Waals surface area contributed by atoms with E-state index in [4.69, 9.17) is 0 Å². The molecular formula is C24H30N4OS. The van der Waals surface area contributed by atoms with Crippen LogP contribution in [0.2, 0.25) is 0 Å². The zero-order valence-corrected chi connectivity index (χ0v) is 18.0. The van der Waals surface area contributed by atoms with E-state index in [9.17, 15) is 5.11 Å². The lowest BCUT2D eigenvalue weighted by atomic mass is 9.78. The highest BCUT2D eigenvalue weighted by Gasteiger charge is 2.65. The number of nitrogens with zero attached hydrogens (tertiary/aromatic N) is 2. The van der Waals surface area contributed by atoms with Gasteiger partial charge >= 0.3 is 0 Å². The summed E-state index contributed by atoms with van der Waals surface area (Å²) in [6, 6.07) is 16.2. The van der Waals surface area contributed by atoms with E-state index in [2.05, 4.69) is 68.3 Å². The molecule has 6 heteroatoms. The summed E-state index contributed by atoms with van der Waals surface area (Å²) in [5.74, 6) is 1.96. The summed E-state index contributed by atoms with van der Waals surface area (Å²) in [5, 5.41) is 21.7. The molecule has 2 aromatic rings. The number of aliphatic hydroxyl groups excluding tert-OH is 1. The van der Waals surface area contributed by atoms with Gasteiger partial charge in [0, 0.05) is 49.1 Å². The molecule has 7 rings (SSSR count). The number of aliphatic hydroxyl groups is 1. The summed E-state index contributed by atoms with van der Waals surface area (Å²) in [6.45, 7) is 3.89. The third-order valence-corrected chi connectivity index (χ3v) is 9.43. The molecule has 5 fully saturated rings. The van der Waals surface area contributed by atoms with Crippen molar-refractivity contribution in [2.24, 2.45) is 17.8 Å². The van der Waals surface area contributed by atoms with Crippen LogP contribution in [0.3, 0.4) is 0 Å². The molecule has 3 saturated heterocycles. The number of rotatable bonds is 5. The highest BCUT2D eigenvalue weighted by atomic mass is 32.1. The molecular weight excluding hydrogens is 392 g/mol. The Kier molecular flexibility index (Phi) is 4.03. The second-order valence-electron chi connectivity index (χ2n) is 10.1. The van der Waals surface area contributed by atoms with Crippen molar-refractivity contribution in [3.8, 4) is 0 Å². The molecule has 5 aliphatic rings. The summed E-state index contributed by atoms with van der Waals surface area (Å²) in [6.07, 6.45) is 2.49. The highest BCUT2D eigenvalue weighted by molar-refractivity contribution is 7.10. The zero-order valence-electron chi connectivity index (χ0n) is 17.2. The third kappa shape index (κ3) is 2.71. The van der Waals surface area contributed by atoms with Gasteiger partial charge in [0.15, 0.2) is 0 Å². The van der Waals surface area contributed by atoms with Gasteiger partial charge in [0.1, 0.15) is 6.23 Å². The first-order valence-corrected chi connectivity index (χ1v) is 12.4. The number of hydrogen-bond donors (Lipinski definition) is 3. The van der Waals surface area contributed by atoms with Crippen molar-refractivity contribution in [3.05, 3.63) is 58.3 Å². The van der Waals surface area contributed by atoms with Crippen LogP contribution in [-0.4, -0.2) is 59.0 Å². The number of hydrogen-bond acceptors (Lipinski definition) is 6. The predicted octanol–water partition coefficient (Wildman–Crippen LogP) is 2.01. The maximum Gasteiger partial charge on any atom is 0.115 e. The second-order valence-corrected chi connectivity index (χ2v) is 11.1. The van der Waals surface area contributed by atoms with Crippen LogP contribution in [-0.2, 0) is 12.1 Å². The van der Waals surface area contributed by atoms with Gasteiger partial charge in [-0.25, -0.2) is 0 Å². The van der Waals surface area contributed by atoms with Crippen LogP contribution in [0, 0.1) is 17.8 Å². The average molecular weight is 423 g/mol. The Morgan fingerprint density at radius 1 is 1.13 bits per heavy atom. The van der Waals surface area contributed by atoms with E-state index in [0.29, 0.717) is 12.1 Å². The Labute approximate surface area is 182 Å². The minimum Gasteiger partial charge on any atom is -0.378 e. The first kappa shape index (κ1) is 18.3. The fraction of sp³-hybridized carbons (Fsp3) is 0.583. The number of benzene rings is 1. The molecule has 1 aromatic heterocycles. The van der Waals surface area contributed by atoms with Gasteiger partial charge in [-0.2, -0.15) is 0 Å². The lowest BCUT2D eigenvalue weighted by molar-refractivity contribution is -0.163. The molecule has 0 amide bonds. The van der Waals surface area contributed by atoms with Crippen LogP contribution in [0.25, 0.3) is 0 Å². The van der Waals surface area contributed by atoms with Gasteiger partial charge < -0.3 is 10.4 Å². The van der Waals surface area contributed by atoms with Crippen molar-refractivity contribution in [2.75, 3.05) is 19.6 Å². The first-order valence-electron chi connectivity index (χ1n) is 11.5. The summed E-state index contributed by atoms with van der Waals surface area (Å²) in [7, 11) is 0. The molecule has 3 aliphatic heterocycles. The predicted molar refractivity (Wildman–Crippen MR) is 118 cm³/mol. The summed E-state index contributed by atoms with van der Waals surface area (Å²) in [5.41, 5.74) is 1.18. The van der Waals surface area contributed by atoms with Crippen molar-refractivity contribution in [3.63, 3.8) is 0 Å². The van der Waals surface area contributed by atoms with E-state index in [0.717, 1.165) is 38.0 Å². The second kappa shape index (κ2) is 6.61. The van der Waals surface area contributed by atoms with E-state index < -0.39 is 0 Å². The Hall–Kier alpha value is -1.28. The van der Waals surface area contributed by atoms with Gasteiger partial charge in [0.2, 0.25) is 0 Å². The molecule has 30 heavy (non-hydrogen) atoms. The molecule has 1 aromatic carbocycles. The maximum atomic E-state index is 11.8. The minimum absolute atomic E-state index is 0.166. The molecule has 0 spiro atoms. The molecule has 8 unspecified atom stereocenters. The number of nitrogens with one attached hydrogen (secondary N) is 2. The summed E-state index contributed by atoms with van der Waals surface area (Å²) in [4.78, 5) is 6.42. The molecule has 2 saturated carbocycles. The van der Waals surface area contributed by atoms with Gasteiger partial charge in [-0.05, 0) is 41.7 Å². The standard InChI is InChI=1S/C24H30N4OS/c29-23-18-13-27(12-15-5-2-1-3-6-15)14-24(18,21-7-4-8-30-21)26-22(19-11-25-19)28(23)20-10-16-9-17(16)20/h1-8,16-20,22-23,25-26,29H,9-14H2. The van der Waals surface area contributed by atoms with Crippen LogP contribution in [0.4, 0.5) is 0 Å². The highest BCUT2D eigenvalue weighted by Crippen LogP contribution is 2.60. The lowest BCUT2D eigenvalue weighted by Gasteiger charge is -2.56. The molecule has 4 heterocycles. The lowest BCUT2D eigenvalue weighted by Crippen LogP contribution is -2.73. The fourth-order valence-corrected chi connectivity index (χ4v) is 7.60. The van der Waals surface area contributed by atoms with Crippen molar-refractivity contribution in [1.29, 1.82) is 0 Å². The van der Waals surface area contributed by atoms with Crippen molar-refractivity contribution in [2.45, 2.75) is 49.4 Å². The largest absolute Gasteiger partial charge is 0.378 e. The smallest absolute Gasteiger partial charge is 0.115 e. The Morgan fingerprint density at radius 2 is 2.00 bits per heavy atom. The van der Waals surface area contributed by atoms with E-state index in [-0.39, 0.29) is 23.9 Å². The van der Waals surface area contributed by atoms with E-state index >= 15 is 0 Å². The minimum atomic E-state index is -0.381. The van der Waals surface area contributed by atoms with Crippen molar-refractivity contribution < 1.29 is 5.11 Å². The molecule has 0 radical (unpaired) electrons. The zero-order chi connectivity index (χ0) is 19.9. The Morgan fingerprint density at radius 3 is 2.67 bits per heavy atom. The molecule has 0 bridgehead atoms. The molecule has 5 nitrogen and oxygen atoms in total. The first-order chi connectivity index (χ1) is 14.7. The van der Waals surface area contributed by atoms with Crippen LogP contribution in [0.15, 0.2) is 47.8 Å². The van der Waals surface area contributed by atoms with Crippen molar-refractivity contribution in [1.82, 2.24) is 20.4 Å². The quantitative estimate of drug-likeness (QED) is 0.644. The van der Waals surface area contributed by atoms with Gasteiger partial charge in [0.05, 0.1) is 11.7 Å². The number of thiophene rings is 1. The fourth-order valence-electron chi connectivity index (χ4n) is 6.65. The Bertz CT molecular complexity index is 919. The summed E-state index contributed by atoms with van der Waals surface area (Å²) < 4.78 is 0. The van der Waals surface area contributed by atoms with Crippen LogP contribution < -0.4 is 10.6 Å². The van der Waals surface area contributed by atoms with Crippen LogP contribution in [0.1, 0.15) is 23.3 Å². The molecule has 158 valence electrons. The van der Waals surface area contributed by atoms with Crippen molar-refractivity contribution >= 4 is 11.3 Å². The van der Waals surface area contributed by atoms with Crippen LogP contribution in [0.5, 0.6) is 0 Å². The Balaban J connectivity index is 1.24. The normalized spacial score (nSPS) is 44.9. The third-order valence-electron chi connectivity index (χ3n) is 8.38. The van der Waals surface area contributed by atoms with Gasteiger partial charge in [0.25, 0.3) is 0 Å². The molecule has 3 N–H and O–H groups in total. The van der Waals surface area contributed by atoms with E-state index in [1.165, 1.54) is 23.3 Å². The van der Waals surface area contributed by atoms with Gasteiger partial charge in [-0.3, -0.25) is 15.1 Å². The maximum absolute atomic E-state index is 11.8. The van der Waals surface area contributed by atoms with Crippen LogP contribution >= 0.6 is 11.3 Å². The van der Waals surface area contributed by atoms with E-state index in [1.807, 2.05) is 11.3 Å². The average Bonchev–Trinajstić information content (AvgIpc) is 3.57. The number of likely N-dealkylation sites (tertiary alicyclic amines) is 1. The van der Waals surface area contributed by atoms with Gasteiger partial charge in [-0.1, -0.05) is 36.4 Å². The van der Waals surface area contributed by atoms with E-state index in [1.54, 1.807) is 0 Å². The summed E-state index contributed by atoms with van der Waals surface area (Å²) >= 11 is 1.84. The SMILES string of the molecule is OC1C2CN(Cc3ccccc3)CC2(c2cccs2)NC(C2CN2)N1C1CC2CC21. The monoisotopic (exact) mass is 422 g/mol. The van der Waals surface area contributed by atoms with Gasteiger partial charge in [-0.15, -0.1) is 11.3 Å². The number of fused-ring (bicyclic) bond motifs is 2. The molecule has 2 aliphatic carbocycles.